The van der Waals surface area contributed by atoms with Crippen LogP contribution < -0.4 is 5.32 Å². The van der Waals surface area contributed by atoms with Gasteiger partial charge in [0.1, 0.15) is 6.29 Å². The van der Waals surface area contributed by atoms with Gasteiger partial charge in [-0.05, 0) is 39.9 Å². The Hall–Kier alpha value is -1.19. The molecule has 1 aromatic rings. The Kier molecular flexibility index (Phi) is 20.7. The molecule has 0 unspecified atom stereocenters. The van der Waals surface area contributed by atoms with E-state index >= 15 is 0 Å². The van der Waals surface area contributed by atoms with Crippen LogP contribution >= 0.6 is 0 Å². The first-order valence-electron chi connectivity index (χ1n) is 9.56. The van der Waals surface area contributed by atoms with Crippen LogP contribution in [0.1, 0.15) is 69.3 Å². The van der Waals surface area contributed by atoms with Crippen LogP contribution in [0.25, 0.3) is 0 Å². The summed E-state index contributed by atoms with van der Waals surface area (Å²) in [5, 5.41) is 3.15. The van der Waals surface area contributed by atoms with E-state index in [-0.39, 0.29) is 0 Å². The van der Waals surface area contributed by atoms with E-state index in [1.807, 2.05) is 52.1 Å². The van der Waals surface area contributed by atoms with Crippen molar-refractivity contribution in [3.05, 3.63) is 35.4 Å². The van der Waals surface area contributed by atoms with Gasteiger partial charge in [-0.2, -0.15) is 0 Å². The molecule has 0 aliphatic carbocycles. The van der Waals surface area contributed by atoms with Crippen LogP contribution in [-0.2, 0) is 0 Å². The molecule has 3 heteroatoms. The van der Waals surface area contributed by atoms with Gasteiger partial charge in [-0.25, -0.2) is 0 Å². The van der Waals surface area contributed by atoms with Crippen molar-refractivity contribution < 1.29 is 4.79 Å². The van der Waals surface area contributed by atoms with Crippen LogP contribution in [0.2, 0.25) is 0 Å². The molecule has 1 aromatic carbocycles. The number of likely N-dealkylation sites (tertiary alicyclic amines) is 1. The Morgan fingerprint density at radius 1 is 1.04 bits per heavy atom. The van der Waals surface area contributed by atoms with Crippen LogP contribution in [0.3, 0.4) is 0 Å². The van der Waals surface area contributed by atoms with E-state index < -0.39 is 0 Å². The number of hydrogen-bond acceptors (Lipinski definition) is 3. The van der Waals surface area contributed by atoms with E-state index in [1.165, 1.54) is 50.9 Å². The number of aryl methyl sites for hydroxylation is 1. The highest BCUT2D eigenvalue weighted by molar-refractivity contribution is 5.74. The van der Waals surface area contributed by atoms with Gasteiger partial charge in [0.25, 0.3) is 0 Å². The third-order valence-corrected chi connectivity index (χ3v) is 3.59. The molecule has 1 fully saturated rings. The number of unbranched alkanes of at least 4 members (excludes halogenated alkanes) is 1. The molecule has 0 aromatic heterocycles. The molecule has 0 bridgehead atoms. The molecule has 1 N–H and O–H groups in total. The average Bonchev–Trinajstić information content (AvgIpc) is 3.16. The first kappa shape index (κ1) is 25.1. The van der Waals surface area contributed by atoms with Gasteiger partial charge in [-0.1, -0.05) is 70.4 Å². The fourth-order valence-corrected chi connectivity index (χ4v) is 1.92. The van der Waals surface area contributed by atoms with Gasteiger partial charge in [0, 0.05) is 18.7 Å². The first-order valence-corrected chi connectivity index (χ1v) is 9.56. The van der Waals surface area contributed by atoms with Gasteiger partial charge in [-0.15, -0.1) is 0 Å². The largest absolute Gasteiger partial charge is 0.318 e. The van der Waals surface area contributed by atoms with Crippen molar-refractivity contribution in [3.63, 3.8) is 0 Å². The molecule has 3 nitrogen and oxygen atoms in total. The second-order valence-electron chi connectivity index (χ2n) is 5.68. The highest BCUT2D eigenvalue weighted by Crippen LogP contribution is 2.05. The fourth-order valence-electron chi connectivity index (χ4n) is 1.92. The number of hydrogen-bond donors (Lipinski definition) is 1. The van der Waals surface area contributed by atoms with E-state index in [1.54, 1.807) is 0 Å². The number of aldehydes is 1. The van der Waals surface area contributed by atoms with Crippen molar-refractivity contribution in [1.29, 1.82) is 0 Å². The van der Waals surface area contributed by atoms with Crippen LogP contribution in [0, 0.1) is 6.92 Å². The highest BCUT2D eigenvalue weighted by atomic mass is 16.1. The maximum absolute atomic E-state index is 10.1. The summed E-state index contributed by atoms with van der Waals surface area (Å²) < 4.78 is 0. The molecule has 140 valence electrons. The van der Waals surface area contributed by atoms with E-state index in [0.29, 0.717) is 0 Å². The number of nitrogens with one attached hydrogen (secondary N) is 1. The minimum atomic E-state index is 0.737. The number of rotatable bonds is 5. The smallest absolute Gasteiger partial charge is 0.150 e. The molecule has 0 radical (unpaired) electrons. The predicted molar refractivity (Wildman–Crippen MR) is 108 cm³/mol. The topological polar surface area (TPSA) is 32.3 Å². The maximum Gasteiger partial charge on any atom is 0.150 e. The first-order chi connectivity index (χ1) is 11.7. The minimum absolute atomic E-state index is 0.737. The summed E-state index contributed by atoms with van der Waals surface area (Å²) in [5.41, 5.74) is 1.92. The molecule has 24 heavy (non-hydrogen) atoms. The van der Waals surface area contributed by atoms with E-state index in [4.69, 9.17) is 0 Å². The summed E-state index contributed by atoms with van der Waals surface area (Å²) in [6.45, 7) is 15.4. The van der Waals surface area contributed by atoms with Crippen molar-refractivity contribution in [2.75, 3.05) is 33.2 Å². The van der Waals surface area contributed by atoms with E-state index in [2.05, 4.69) is 24.1 Å². The Morgan fingerprint density at radius 3 is 1.92 bits per heavy atom. The Balaban J connectivity index is 0. The molecule has 1 aliphatic rings. The molecule has 1 heterocycles. The van der Waals surface area contributed by atoms with Gasteiger partial charge in [0.2, 0.25) is 0 Å². The zero-order valence-corrected chi connectivity index (χ0v) is 16.9. The highest BCUT2D eigenvalue weighted by Gasteiger charge is 2.09. The predicted octanol–water partition coefficient (Wildman–Crippen LogP) is 4.94. The summed E-state index contributed by atoms with van der Waals surface area (Å²) in [6, 6.07) is 7.46. The van der Waals surface area contributed by atoms with Crippen molar-refractivity contribution in [1.82, 2.24) is 10.2 Å². The van der Waals surface area contributed by atoms with Gasteiger partial charge < -0.3 is 10.2 Å². The standard InChI is InChI=1S/C8H8O.C7H16N2.C4H10.C2H6/c1-7-2-4-8(6-9)5-3-7;1-8-4-7-9-5-2-3-6-9;1-3-4-2;1-2/h2-6H,1H3;8H,2-7H2,1H3;3-4H2,1-2H3;1-2H3. The third-order valence-electron chi connectivity index (χ3n) is 3.59. The summed E-state index contributed by atoms with van der Waals surface area (Å²) in [4.78, 5) is 12.6. The van der Waals surface area contributed by atoms with Crippen LogP contribution in [0.5, 0.6) is 0 Å². The molecule has 0 atom stereocenters. The molecule has 0 spiro atoms. The van der Waals surface area contributed by atoms with Crippen LogP contribution in [0.4, 0.5) is 0 Å². The molecule has 1 saturated heterocycles. The third kappa shape index (κ3) is 15.7. The number of nitrogens with zero attached hydrogens (tertiary/aromatic N) is 1. The van der Waals surface area contributed by atoms with Crippen molar-refractivity contribution in [2.24, 2.45) is 0 Å². The van der Waals surface area contributed by atoms with Crippen LogP contribution in [-0.4, -0.2) is 44.4 Å². The van der Waals surface area contributed by atoms with E-state index in [9.17, 15) is 4.79 Å². The van der Waals surface area contributed by atoms with Gasteiger partial charge in [0.15, 0.2) is 0 Å². The minimum Gasteiger partial charge on any atom is -0.318 e. The normalized spacial score (nSPS) is 12.8. The van der Waals surface area contributed by atoms with E-state index in [0.717, 1.165) is 18.4 Å². The Morgan fingerprint density at radius 2 is 1.54 bits per heavy atom. The summed E-state index contributed by atoms with van der Waals surface area (Å²) in [7, 11) is 2.01. The average molecular weight is 337 g/mol. The van der Waals surface area contributed by atoms with Crippen molar-refractivity contribution in [3.8, 4) is 0 Å². The monoisotopic (exact) mass is 336 g/mol. The molecular formula is C21H40N2O. The van der Waals surface area contributed by atoms with Crippen molar-refractivity contribution >= 4 is 6.29 Å². The number of likely N-dealkylation sites (N-methyl/N-ethyl adjacent to an activating group) is 1. The molecule has 2 rings (SSSR count). The number of carbonyl (C=O) groups excluding carboxylic acids is 1. The lowest BCUT2D eigenvalue weighted by atomic mass is 10.2. The lowest BCUT2D eigenvalue weighted by molar-refractivity contribution is 0.112. The lowest BCUT2D eigenvalue weighted by Gasteiger charge is -2.12. The molecule has 0 saturated carbocycles. The summed E-state index contributed by atoms with van der Waals surface area (Å²) >= 11 is 0. The Labute approximate surface area is 150 Å². The second-order valence-corrected chi connectivity index (χ2v) is 5.68. The second kappa shape index (κ2) is 19.9. The summed E-state index contributed by atoms with van der Waals surface area (Å²) in [6.07, 6.45) is 6.30. The fraction of sp³-hybridized carbons (Fsp3) is 0.667. The Bertz CT molecular complexity index is 355. The van der Waals surface area contributed by atoms with Crippen LogP contribution in [0.15, 0.2) is 24.3 Å². The summed E-state index contributed by atoms with van der Waals surface area (Å²) in [5.74, 6) is 0. The van der Waals surface area contributed by atoms with Gasteiger partial charge in [-0.3, -0.25) is 4.79 Å². The molecular weight excluding hydrogens is 296 g/mol. The van der Waals surface area contributed by atoms with Gasteiger partial charge in [0.05, 0.1) is 0 Å². The molecule has 1 aliphatic heterocycles. The number of carbonyl (C=O) groups is 1. The quantitative estimate of drug-likeness (QED) is 0.773. The molecule has 0 amide bonds. The SMILES string of the molecule is CC.CCCC.CNCCN1CCCC1.Cc1ccc(C=O)cc1. The van der Waals surface area contributed by atoms with Gasteiger partial charge >= 0.3 is 0 Å². The number of benzene rings is 1. The van der Waals surface area contributed by atoms with Crippen molar-refractivity contribution in [2.45, 2.75) is 60.3 Å². The lowest BCUT2D eigenvalue weighted by Crippen LogP contribution is -2.27. The maximum atomic E-state index is 10.1. The zero-order valence-electron chi connectivity index (χ0n) is 16.9. The zero-order chi connectivity index (χ0) is 18.6.